The van der Waals surface area contributed by atoms with E-state index in [1.54, 1.807) is 0 Å². The van der Waals surface area contributed by atoms with Crippen LogP contribution >= 0.6 is 0 Å². The van der Waals surface area contributed by atoms with Gasteiger partial charge in [-0.2, -0.15) is 0 Å². The van der Waals surface area contributed by atoms with Gasteiger partial charge in [0.2, 0.25) is 0 Å². The van der Waals surface area contributed by atoms with Gasteiger partial charge in [0.25, 0.3) is 0 Å². The largest absolute Gasteiger partial charge is 0.479 e. The monoisotopic (exact) mass is 136 g/mol. The minimum Gasteiger partial charge on any atom is -0.479 e. The van der Waals surface area contributed by atoms with Gasteiger partial charge in [-0.15, -0.1) is 0 Å². The van der Waals surface area contributed by atoms with Crippen molar-refractivity contribution >= 4 is 23.3 Å². The predicted molar refractivity (Wildman–Crippen MR) is 30.7 cm³/mol. The highest BCUT2D eigenvalue weighted by Crippen LogP contribution is 1.75. The van der Waals surface area contributed by atoms with E-state index in [2.05, 4.69) is 0 Å². The summed E-state index contributed by atoms with van der Waals surface area (Å²) in [6.07, 6.45) is -1.63. The van der Waals surface area contributed by atoms with E-state index in [9.17, 15) is 4.79 Å². The van der Waals surface area contributed by atoms with Gasteiger partial charge >= 0.3 is 5.97 Å². The molecule has 1 atom stereocenters. The van der Waals surface area contributed by atoms with E-state index in [4.69, 9.17) is 15.3 Å². The number of aliphatic hydroxyl groups is 2. The highest BCUT2D eigenvalue weighted by atomic mass is 27.0. The van der Waals surface area contributed by atoms with Crippen LogP contribution in [0.2, 0.25) is 0 Å². The van der Waals surface area contributed by atoms with Crippen LogP contribution in [0.25, 0.3) is 0 Å². The average Bonchev–Trinajstić information content (AvgIpc) is 1.65. The van der Waals surface area contributed by atoms with Crippen LogP contribution in [0.5, 0.6) is 0 Å². The van der Waals surface area contributed by atoms with E-state index in [0.717, 1.165) is 0 Å². The van der Waals surface area contributed by atoms with Crippen LogP contribution in [-0.2, 0) is 4.79 Å². The topological polar surface area (TPSA) is 77.8 Å². The molecule has 0 spiro atoms. The van der Waals surface area contributed by atoms with Crippen molar-refractivity contribution in [3.05, 3.63) is 0 Å². The van der Waals surface area contributed by atoms with Crippen LogP contribution in [0.1, 0.15) is 0 Å². The van der Waals surface area contributed by atoms with Gasteiger partial charge in [-0.05, 0) is 0 Å². The van der Waals surface area contributed by atoms with Crippen molar-refractivity contribution in [3.8, 4) is 0 Å². The van der Waals surface area contributed by atoms with E-state index in [-0.39, 0.29) is 17.4 Å². The number of hydrogen-bond acceptors (Lipinski definition) is 3. The third kappa shape index (κ3) is 4.09. The number of aliphatic hydroxyl groups excluding tert-OH is 2. The van der Waals surface area contributed by atoms with Crippen molar-refractivity contribution in [2.45, 2.75) is 6.10 Å². The van der Waals surface area contributed by atoms with Crippen molar-refractivity contribution in [3.63, 3.8) is 0 Å². The first-order valence-electron chi connectivity index (χ1n) is 1.70. The summed E-state index contributed by atoms with van der Waals surface area (Å²) in [4.78, 5) is 9.52. The standard InChI is InChI=1S/C3H6O4.Al.3H/c4-1-2(5)3(6)7;;;;/h2,4-5H,1H2,(H,6,7);;;;. The molecule has 0 aromatic carbocycles. The third-order valence-corrected chi connectivity index (χ3v) is 0.458. The number of rotatable bonds is 2. The number of carbonyl (C=O) groups is 1. The van der Waals surface area contributed by atoms with E-state index >= 15 is 0 Å². The maximum Gasteiger partial charge on any atom is 0.334 e. The van der Waals surface area contributed by atoms with Crippen LogP contribution in [0.15, 0.2) is 0 Å². The molecule has 0 radical (unpaired) electrons. The zero-order chi connectivity index (χ0) is 5.86. The molecular formula is C3H9AlO4. The second kappa shape index (κ2) is 5.07. The van der Waals surface area contributed by atoms with Crippen molar-refractivity contribution in [2.24, 2.45) is 0 Å². The second-order valence-electron chi connectivity index (χ2n) is 1.04. The minimum absolute atomic E-state index is 0. The molecule has 3 N–H and O–H groups in total. The summed E-state index contributed by atoms with van der Waals surface area (Å²) in [6.45, 7) is -0.727. The Bertz CT molecular complexity index is 73.7. The fraction of sp³-hybridized carbons (Fsp3) is 0.667. The van der Waals surface area contributed by atoms with Crippen molar-refractivity contribution in [2.75, 3.05) is 6.61 Å². The Morgan fingerprint density at radius 1 is 1.62 bits per heavy atom. The molecule has 1 unspecified atom stereocenters. The Labute approximate surface area is 56.9 Å². The SMILES string of the molecule is O=C(O)C(O)CO.[AlH3]. The van der Waals surface area contributed by atoms with Crippen LogP contribution in [0, 0.1) is 0 Å². The Morgan fingerprint density at radius 2 is 2.00 bits per heavy atom. The molecule has 8 heavy (non-hydrogen) atoms. The lowest BCUT2D eigenvalue weighted by Crippen LogP contribution is -2.22. The maximum absolute atomic E-state index is 9.52. The van der Waals surface area contributed by atoms with E-state index in [0.29, 0.717) is 0 Å². The second-order valence-corrected chi connectivity index (χ2v) is 1.04. The molecule has 0 aliphatic heterocycles. The lowest BCUT2D eigenvalue weighted by atomic mass is 10.4. The molecule has 4 nitrogen and oxygen atoms in total. The number of aliphatic carboxylic acids is 1. The average molecular weight is 136 g/mol. The first-order chi connectivity index (χ1) is 3.18. The molecule has 0 saturated carbocycles. The van der Waals surface area contributed by atoms with E-state index < -0.39 is 18.7 Å². The van der Waals surface area contributed by atoms with Gasteiger partial charge < -0.3 is 15.3 Å². The van der Waals surface area contributed by atoms with Crippen molar-refractivity contribution in [1.82, 2.24) is 0 Å². The van der Waals surface area contributed by atoms with E-state index in [1.807, 2.05) is 0 Å². The lowest BCUT2D eigenvalue weighted by Gasteiger charge is -1.95. The highest BCUT2D eigenvalue weighted by molar-refractivity contribution is 5.75. The van der Waals surface area contributed by atoms with Crippen molar-refractivity contribution < 1.29 is 20.1 Å². The van der Waals surface area contributed by atoms with Gasteiger partial charge in [-0.25, -0.2) is 4.79 Å². The minimum atomic E-state index is -1.63. The Balaban J connectivity index is 0. The summed E-state index contributed by atoms with van der Waals surface area (Å²) >= 11 is 0. The smallest absolute Gasteiger partial charge is 0.334 e. The van der Waals surface area contributed by atoms with Gasteiger partial charge in [0, 0.05) is 0 Å². The fourth-order valence-electron chi connectivity index (χ4n) is 0.0781. The Morgan fingerprint density at radius 3 is 2.00 bits per heavy atom. The quantitative estimate of drug-likeness (QED) is 0.359. The van der Waals surface area contributed by atoms with E-state index in [1.165, 1.54) is 0 Å². The first-order valence-corrected chi connectivity index (χ1v) is 1.70. The summed E-state index contributed by atoms with van der Waals surface area (Å²) < 4.78 is 0. The maximum atomic E-state index is 9.52. The number of hydrogen-bond donors (Lipinski definition) is 3. The van der Waals surface area contributed by atoms with Gasteiger partial charge in [0.15, 0.2) is 23.5 Å². The molecule has 0 amide bonds. The highest BCUT2D eigenvalue weighted by Gasteiger charge is 2.08. The predicted octanol–water partition coefficient (Wildman–Crippen LogP) is -2.76. The molecular weight excluding hydrogens is 127 g/mol. The third-order valence-electron chi connectivity index (χ3n) is 0.458. The molecule has 5 heteroatoms. The first kappa shape index (κ1) is 10.8. The Hall–Kier alpha value is -0.0775. The van der Waals surface area contributed by atoms with Gasteiger partial charge in [0.1, 0.15) is 0 Å². The van der Waals surface area contributed by atoms with Gasteiger partial charge in [-0.1, -0.05) is 0 Å². The molecule has 0 aliphatic carbocycles. The summed E-state index contributed by atoms with van der Waals surface area (Å²) in [7, 11) is 0. The molecule has 0 aromatic heterocycles. The lowest BCUT2D eigenvalue weighted by molar-refractivity contribution is -0.148. The molecule has 0 heterocycles. The molecule has 0 saturated heterocycles. The molecule has 0 bridgehead atoms. The van der Waals surface area contributed by atoms with Crippen molar-refractivity contribution in [1.29, 1.82) is 0 Å². The fourth-order valence-corrected chi connectivity index (χ4v) is 0.0781. The summed E-state index contributed by atoms with van der Waals surface area (Å²) in [5.74, 6) is -1.40. The van der Waals surface area contributed by atoms with Gasteiger partial charge in [0.05, 0.1) is 6.61 Å². The zero-order valence-electron chi connectivity index (χ0n) is 3.53. The summed E-state index contributed by atoms with van der Waals surface area (Å²) in [5.41, 5.74) is 0. The van der Waals surface area contributed by atoms with Gasteiger partial charge in [-0.3, -0.25) is 0 Å². The van der Waals surface area contributed by atoms with Crippen LogP contribution in [-0.4, -0.2) is 51.4 Å². The summed E-state index contributed by atoms with van der Waals surface area (Å²) in [5, 5.41) is 23.7. The molecule has 0 aliphatic rings. The molecule has 48 valence electrons. The van der Waals surface area contributed by atoms with Crippen LogP contribution in [0.4, 0.5) is 0 Å². The van der Waals surface area contributed by atoms with Crippen LogP contribution in [0.3, 0.4) is 0 Å². The number of carboxylic acids is 1. The Kier molecular flexibility index (Phi) is 6.86. The normalized spacial score (nSPS) is 11.8. The van der Waals surface area contributed by atoms with Crippen LogP contribution < -0.4 is 0 Å². The zero-order valence-corrected chi connectivity index (χ0v) is 3.53. The number of carboxylic acid groups (broad SMARTS) is 1. The summed E-state index contributed by atoms with van der Waals surface area (Å²) in [6, 6.07) is 0. The molecule has 0 fully saturated rings. The molecule has 0 rings (SSSR count). The molecule has 0 aromatic rings.